The Kier molecular flexibility index (Phi) is 6.30. The van der Waals surface area contributed by atoms with Crippen molar-refractivity contribution in [3.63, 3.8) is 0 Å². The van der Waals surface area contributed by atoms with Gasteiger partial charge >= 0.3 is 0 Å². The smallest absolute Gasteiger partial charge is 0.276 e. The molecule has 8 heteroatoms. The van der Waals surface area contributed by atoms with Crippen molar-refractivity contribution in [3.8, 4) is 0 Å². The zero-order valence-electron chi connectivity index (χ0n) is 16.4. The molecule has 0 unspecified atom stereocenters. The molecule has 1 aliphatic heterocycles. The van der Waals surface area contributed by atoms with Crippen molar-refractivity contribution in [1.82, 2.24) is 19.9 Å². The van der Waals surface area contributed by atoms with Gasteiger partial charge in [0.15, 0.2) is 11.5 Å². The monoisotopic (exact) mass is 376 g/mol. The van der Waals surface area contributed by atoms with Gasteiger partial charge in [-0.15, -0.1) is 0 Å². The Bertz CT molecular complexity index is 770. The lowest BCUT2D eigenvalue weighted by atomic mass is 10.2. The molecule has 0 aliphatic carbocycles. The van der Waals surface area contributed by atoms with Crippen molar-refractivity contribution in [2.24, 2.45) is 0 Å². The number of nitrogens with zero attached hydrogens (tertiary/aromatic N) is 3. The van der Waals surface area contributed by atoms with E-state index in [1.165, 1.54) is 0 Å². The van der Waals surface area contributed by atoms with Gasteiger partial charge in [0.2, 0.25) is 0 Å². The molecule has 2 aromatic rings. The molecule has 0 radical (unpaired) electrons. The molecule has 1 fully saturated rings. The van der Waals surface area contributed by atoms with Gasteiger partial charge in [-0.1, -0.05) is 5.16 Å². The van der Waals surface area contributed by atoms with E-state index < -0.39 is 0 Å². The highest BCUT2D eigenvalue weighted by atomic mass is 16.5. The minimum Gasteiger partial charge on any atom is -0.377 e. The number of aromatic amines is 1. The summed E-state index contributed by atoms with van der Waals surface area (Å²) >= 11 is 0. The lowest BCUT2D eigenvalue weighted by Gasteiger charge is -2.33. The van der Waals surface area contributed by atoms with Crippen molar-refractivity contribution < 1.29 is 18.8 Å². The Morgan fingerprint density at radius 3 is 2.93 bits per heavy atom. The molecular formula is C19H28N4O4. The van der Waals surface area contributed by atoms with Gasteiger partial charge in [0, 0.05) is 50.7 Å². The van der Waals surface area contributed by atoms with Gasteiger partial charge < -0.3 is 28.8 Å². The first-order valence-corrected chi connectivity index (χ1v) is 9.15. The van der Waals surface area contributed by atoms with Gasteiger partial charge in [0.1, 0.15) is 6.61 Å². The van der Waals surface area contributed by atoms with Crippen LogP contribution in [0.25, 0.3) is 0 Å². The van der Waals surface area contributed by atoms with Gasteiger partial charge in [-0.05, 0) is 32.5 Å². The lowest BCUT2D eigenvalue weighted by Crippen LogP contribution is -2.47. The third kappa shape index (κ3) is 4.97. The Morgan fingerprint density at radius 2 is 2.26 bits per heavy atom. The Hall–Kier alpha value is -2.16. The molecule has 3 heterocycles. The van der Waals surface area contributed by atoms with Gasteiger partial charge in [-0.2, -0.15) is 0 Å². The lowest BCUT2D eigenvalue weighted by molar-refractivity contribution is -0.0337. The standard InChI is InChI=1S/C19H28N4O4/c1-13-7-15(14(2)20-13)9-23(11-17-10-22(3)5-6-26-17)19(24)18-8-16(12-25-4)27-21-18/h7-8,17,20H,5-6,9-12H2,1-4H3/t17-/m1/s1. The van der Waals surface area contributed by atoms with Crippen LogP contribution in [0.1, 0.15) is 33.2 Å². The van der Waals surface area contributed by atoms with Gasteiger partial charge in [-0.3, -0.25) is 4.79 Å². The fourth-order valence-electron chi connectivity index (χ4n) is 3.38. The highest BCUT2D eigenvalue weighted by molar-refractivity contribution is 5.92. The highest BCUT2D eigenvalue weighted by Gasteiger charge is 2.27. The van der Waals surface area contributed by atoms with Crippen LogP contribution in [0.3, 0.4) is 0 Å². The second kappa shape index (κ2) is 8.69. The van der Waals surface area contributed by atoms with E-state index in [-0.39, 0.29) is 24.3 Å². The van der Waals surface area contributed by atoms with Gasteiger partial charge in [0.05, 0.1) is 12.7 Å². The predicted octanol–water partition coefficient (Wildman–Crippen LogP) is 1.74. The summed E-state index contributed by atoms with van der Waals surface area (Å²) in [5, 5.41) is 3.93. The minimum atomic E-state index is -0.170. The molecule has 0 bridgehead atoms. The van der Waals surface area contributed by atoms with Crippen LogP contribution in [-0.4, -0.2) is 72.4 Å². The average molecular weight is 376 g/mol. The van der Waals surface area contributed by atoms with E-state index in [4.69, 9.17) is 14.0 Å². The van der Waals surface area contributed by atoms with Gasteiger partial charge in [-0.25, -0.2) is 0 Å². The fraction of sp³-hybridized carbons (Fsp3) is 0.579. The largest absolute Gasteiger partial charge is 0.377 e. The number of likely N-dealkylation sites (N-methyl/N-ethyl adjacent to an activating group) is 1. The molecule has 0 aromatic carbocycles. The maximum atomic E-state index is 13.1. The number of hydrogen-bond donors (Lipinski definition) is 1. The summed E-state index contributed by atoms with van der Waals surface area (Å²) in [6, 6.07) is 3.71. The number of H-pyrrole nitrogens is 1. The minimum absolute atomic E-state index is 0.0293. The second-order valence-electron chi connectivity index (χ2n) is 7.15. The third-order valence-corrected chi connectivity index (χ3v) is 4.74. The summed E-state index contributed by atoms with van der Waals surface area (Å²) < 4.78 is 16.1. The van der Waals surface area contributed by atoms with E-state index in [1.54, 1.807) is 18.1 Å². The van der Waals surface area contributed by atoms with Crippen LogP contribution in [0.15, 0.2) is 16.7 Å². The maximum Gasteiger partial charge on any atom is 0.276 e. The third-order valence-electron chi connectivity index (χ3n) is 4.74. The van der Waals surface area contributed by atoms with Crippen LogP contribution in [0.2, 0.25) is 0 Å². The van der Waals surface area contributed by atoms with Crippen LogP contribution >= 0.6 is 0 Å². The summed E-state index contributed by atoms with van der Waals surface area (Å²) in [5.41, 5.74) is 3.52. The van der Waals surface area contributed by atoms with E-state index >= 15 is 0 Å². The summed E-state index contributed by atoms with van der Waals surface area (Å²) in [4.78, 5) is 20.4. The van der Waals surface area contributed by atoms with Crippen molar-refractivity contribution in [2.75, 3.05) is 40.4 Å². The number of rotatable bonds is 7. The fourth-order valence-corrected chi connectivity index (χ4v) is 3.38. The zero-order chi connectivity index (χ0) is 19.4. The zero-order valence-corrected chi connectivity index (χ0v) is 16.4. The molecule has 1 amide bonds. The summed E-state index contributed by atoms with van der Waals surface area (Å²) in [5.74, 6) is 0.360. The SMILES string of the molecule is COCc1cc(C(=O)N(Cc2cc(C)[nH]c2C)C[C@H]2CN(C)CCO2)no1. The van der Waals surface area contributed by atoms with Crippen LogP contribution in [0, 0.1) is 13.8 Å². The highest BCUT2D eigenvalue weighted by Crippen LogP contribution is 2.17. The number of hydrogen-bond acceptors (Lipinski definition) is 6. The normalized spacial score (nSPS) is 18.0. The van der Waals surface area contributed by atoms with Crippen molar-refractivity contribution in [1.29, 1.82) is 0 Å². The molecule has 8 nitrogen and oxygen atoms in total. The number of carbonyl (C=O) groups excluding carboxylic acids is 1. The predicted molar refractivity (Wildman–Crippen MR) is 99.5 cm³/mol. The number of aryl methyl sites for hydroxylation is 2. The molecular weight excluding hydrogens is 348 g/mol. The van der Waals surface area contributed by atoms with Crippen molar-refractivity contribution in [3.05, 3.63) is 40.5 Å². The van der Waals surface area contributed by atoms with Crippen LogP contribution in [0.5, 0.6) is 0 Å². The number of methoxy groups -OCH3 is 1. The molecule has 2 aromatic heterocycles. The molecule has 148 valence electrons. The first kappa shape index (κ1) is 19.6. The van der Waals surface area contributed by atoms with E-state index in [0.29, 0.717) is 25.5 Å². The van der Waals surface area contributed by atoms with E-state index in [1.807, 2.05) is 13.8 Å². The quantitative estimate of drug-likeness (QED) is 0.792. The molecule has 0 spiro atoms. The topological polar surface area (TPSA) is 83.8 Å². The first-order valence-electron chi connectivity index (χ1n) is 9.15. The molecule has 1 atom stereocenters. The van der Waals surface area contributed by atoms with Crippen LogP contribution in [0.4, 0.5) is 0 Å². The molecule has 0 saturated carbocycles. The Balaban J connectivity index is 1.78. The molecule has 27 heavy (non-hydrogen) atoms. The molecule has 1 aliphatic rings. The van der Waals surface area contributed by atoms with Gasteiger partial charge in [0.25, 0.3) is 5.91 Å². The van der Waals surface area contributed by atoms with E-state index in [9.17, 15) is 4.79 Å². The number of aromatic nitrogens is 2. The van der Waals surface area contributed by atoms with Crippen molar-refractivity contribution in [2.45, 2.75) is 33.1 Å². The summed E-state index contributed by atoms with van der Waals surface area (Å²) in [7, 11) is 3.64. The van der Waals surface area contributed by atoms with Crippen molar-refractivity contribution >= 4 is 5.91 Å². The molecule has 3 rings (SSSR count). The number of nitrogens with one attached hydrogen (secondary N) is 1. The molecule has 1 N–H and O–H groups in total. The van der Waals surface area contributed by atoms with Crippen LogP contribution in [-0.2, 0) is 22.6 Å². The Labute approximate surface area is 159 Å². The maximum absolute atomic E-state index is 13.1. The molecule has 1 saturated heterocycles. The van der Waals surface area contributed by atoms with E-state index in [0.717, 1.165) is 30.0 Å². The Morgan fingerprint density at radius 1 is 1.44 bits per heavy atom. The van der Waals surface area contributed by atoms with Crippen LogP contribution < -0.4 is 0 Å². The number of morpholine rings is 1. The number of ether oxygens (including phenoxy) is 2. The van der Waals surface area contributed by atoms with E-state index in [2.05, 4.69) is 28.2 Å². The number of carbonyl (C=O) groups is 1. The first-order chi connectivity index (χ1) is 13.0. The average Bonchev–Trinajstić information content (AvgIpc) is 3.20. The summed E-state index contributed by atoms with van der Waals surface area (Å²) in [6.45, 7) is 7.68. The number of amides is 1. The second-order valence-corrected chi connectivity index (χ2v) is 7.15. The summed E-state index contributed by atoms with van der Waals surface area (Å²) in [6.07, 6.45) is -0.0293.